The molecule has 0 saturated heterocycles. The number of hydrogen-bond acceptors (Lipinski definition) is 4. The van der Waals surface area contributed by atoms with Crippen molar-refractivity contribution in [2.75, 3.05) is 13.1 Å². The smallest absolute Gasteiger partial charge is 0.261 e. The first kappa shape index (κ1) is 18.4. The summed E-state index contributed by atoms with van der Waals surface area (Å²) in [6.45, 7) is 0.709. The first-order chi connectivity index (χ1) is 13.6. The molecule has 1 aliphatic heterocycles. The lowest BCUT2D eigenvalue weighted by Gasteiger charge is -2.16. The number of nitrogens with one attached hydrogen (secondary N) is 1. The third-order valence-electron chi connectivity index (χ3n) is 5.46. The van der Waals surface area contributed by atoms with Crippen LogP contribution in [0.2, 0.25) is 0 Å². The molecule has 0 radical (unpaired) electrons. The Morgan fingerprint density at radius 2 is 1.79 bits per heavy atom. The molecular formula is C22H23N3O3. The number of benzene rings is 2. The molecule has 6 heteroatoms. The zero-order chi connectivity index (χ0) is 19.7. The summed E-state index contributed by atoms with van der Waals surface area (Å²) in [5.74, 6) is -0.461. The molecule has 2 aromatic rings. The van der Waals surface area contributed by atoms with Crippen LogP contribution >= 0.6 is 0 Å². The van der Waals surface area contributed by atoms with E-state index in [-0.39, 0.29) is 23.8 Å². The molecule has 144 valence electrons. The molecule has 1 heterocycles. The van der Waals surface area contributed by atoms with E-state index in [0.29, 0.717) is 42.1 Å². The van der Waals surface area contributed by atoms with Gasteiger partial charge in [-0.25, -0.2) is 0 Å². The van der Waals surface area contributed by atoms with E-state index in [0.717, 1.165) is 18.4 Å². The molecular weight excluding hydrogens is 354 g/mol. The second kappa shape index (κ2) is 7.56. The van der Waals surface area contributed by atoms with Gasteiger partial charge in [0.2, 0.25) is 0 Å². The quantitative estimate of drug-likeness (QED) is 0.722. The van der Waals surface area contributed by atoms with E-state index in [1.807, 2.05) is 30.3 Å². The Morgan fingerprint density at radius 3 is 2.46 bits per heavy atom. The van der Waals surface area contributed by atoms with Crippen LogP contribution in [-0.2, 0) is 6.42 Å². The van der Waals surface area contributed by atoms with Gasteiger partial charge in [0.1, 0.15) is 0 Å². The highest BCUT2D eigenvalue weighted by Crippen LogP contribution is 2.32. The molecule has 0 spiro atoms. The van der Waals surface area contributed by atoms with Crippen LogP contribution in [0.4, 0.5) is 0 Å². The first-order valence-corrected chi connectivity index (χ1v) is 9.63. The van der Waals surface area contributed by atoms with Crippen molar-refractivity contribution in [1.82, 2.24) is 10.2 Å². The Balaban J connectivity index is 1.48. The van der Waals surface area contributed by atoms with Crippen molar-refractivity contribution >= 4 is 17.7 Å². The fourth-order valence-corrected chi connectivity index (χ4v) is 3.64. The molecule has 1 unspecified atom stereocenters. The lowest BCUT2D eigenvalue weighted by Crippen LogP contribution is -2.41. The lowest BCUT2D eigenvalue weighted by molar-refractivity contribution is 0.0656. The van der Waals surface area contributed by atoms with Gasteiger partial charge in [0.15, 0.2) is 0 Å². The molecule has 2 aromatic carbocycles. The summed E-state index contributed by atoms with van der Waals surface area (Å²) >= 11 is 0. The molecule has 3 N–H and O–H groups in total. The summed E-state index contributed by atoms with van der Waals surface area (Å²) in [6, 6.07) is 14.4. The van der Waals surface area contributed by atoms with E-state index in [9.17, 15) is 14.4 Å². The molecule has 1 aliphatic carbocycles. The summed E-state index contributed by atoms with van der Waals surface area (Å²) < 4.78 is 0. The van der Waals surface area contributed by atoms with Crippen LogP contribution in [0.3, 0.4) is 0 Å². The normalized spacial score (nSPS) is 16.8. The fourth-order valence-electron chi connectivity index (χ4n) is 3.64. The monoisotopic (exact) mass is 377 g/mol. The maximum absolute atomic E-state index is 12.8. The van der Waals surface area contributed by atoms with E-state index >= 15 is 0 Å². The van der Waals surface area contributed by atoms with Gasteiger partial charge in [0, 0.05) is 24.7 Å². The molecule has 2 aliphatic rings. The number of hydrogen-bond donors (Lipinski definition) is 2. The number of amides is 3. The lowest BCUT2D eigenvalue weighted by atomic mass is 10.0. The fraction of sp³-hybridized carbons (Fsp3) is 0.318. The Kier molecular flexibility index (Phi) is 4.96. The highest BCUT2D eigenvalue weighted by atomic mass is 16.2. The van der Waals surface area contributed by atoms with Gasteiger partial charge in [-0.1, -0.05) is 30.3 Å². The highest BCUT2D eigenvalue weighted by molar-refractivity contribution is 6.22. The third-order valence-corrected chi connectivity index (χ3v) is 5.46. The molecule has 3 amide bonds. The minimum absolute atomic E-state index is 0.0412. The van der Waals surface area contributed by atoms with E-state index in [1.165, 1.54) is 11.0 Å². The summed E-state index contributed by atoms with van der Waals surface area (Å²) in [7, 11) is 0. The number of fused-ring (bicyclic) bond motifs is 1. The van der Waals surface area contributed by atoms with Gasteiger partial charge >= 0.3 is 0 Å². The number of imide groups is 1. The zero-order valence-electron chi connectivity index (χ0n) is 15.6. The Hall–Kier alpha value is -2.99. The van der Waals surface area contributed by atoms with Crippen molar-refractivity contribution in [3.05, 3.63) is 70.8 Å². The maximum atomic E-state index is 12.8. The van der Waals surface area contributed by atoms with Gasteiger partial charge in [-0.2, -0.15) is 0 Å². The average molecular weight is 377 g/mol. The topological polar surface area (TPSA) is 92.5 Å². The second-order valence-electron chi connectivity index (χ2n) is 7.41. The van der Waals surface area contributed by atoms with Gasteiger partial charge in [0.25, 0.3) is 17.7 Å². The van der Waals surface area contributed by atoms with Crippen LogP contribution in [0, 0.1) is 5.92 Å². The predicted molar refractivity (Wildman–Crippen MR) is 105 cm³/mol. The van der Waals surface area contributed by atoms with Crippen molar-refractivity contribution in [2.45, 2.75) is 25.3 Å². The number of carbonyl (C=O) groups is 3. The van der Waals surface area contributed by atoms with Crippen LogP contribution in [0.5, 0.6) is 0 Å². The second-order valence-corrected chi connectivity index (χ2v) is 7.41. The van der Waals surface area contributed by atoms with Crippen LogP contribution in [0.25, 0.3) is 0 Å². The molecule has 1 fully saturated rings. The van der Waals surface area contributed by atoms with Crippen LogP contribution in [-0.4, -0.2) is 41.8 Å². The van der Waals surface area contributed by atoms with Crippen LogP contribution < -0.4 is 11.1 Å². The number of rotatable bonds is 7. The number of nitrogens with zero attached hydrogens (tertiary/aromatic N) is 1. The van der Waals surface area contributed by atoms with Gasteiger partial charge < -0.3 is 11.1 Å². The molecule has 0 bridgehead atoms. The third kappa shape index (κ3) is 3.55. The maximum Gasteiger partial charge on any atom is 0.261 e. The Morgan fingerprint density at radius 1 is 1.07 bits per heavy atom. The van der Waals surface area contributed by atoms with Crippen LogP contribution in [0.15, 0.2) is 48.5 Å². The van der Waals surface area contributed by atoms with Crippen molar-refractivity contribution in [3.63, 3.8) is 0 Å². The van der Waals surface area contributed by atoms with E-state index < -0.39 is 0 Å². The van der Waals surface area contributed by atoms with E-state index in [4.69, 9.17) is 5.73 Å². The van der Waals surface area contributed by atoms with Crippen molar-refractivity contribution in [3.8, 4) is 0 Å². The Labute approximate surface area is 163 Å². The summed E-state index contributed by atoms with van der Waals surface area (Å²) in [4.78, 5) is 39.2. The largest absolute Gasteiger partial charge is 0.348 e. The molecule has 1 atom stereocenters. The Bertz CT molecular complexity index is 922. The molecule has 28 heavy (non-hydrogen) atoms. The average Bonchev–Trinajstić information content (AvgIpc) is 3.53. The van der Waals surface area contributed by atoms with Crippen molar-refractivity contribution < 1.29 is 14.4 Å². The van der Waals surface area contributed by atoms with Gasteiger partial charge in [-0.15, -0.1) is 0 Å². The molecule has 1 saturated carbocycles. The summed E-state index contributed by atoms with van der Waals surface area (Å²) in [5, 5.41) is 2.95. The van der Waals surface area contributed by atoms with Gasteiger partial charge in [-0.3, -0.25) is 19.3 Å². The zero-order valence-corrected chi connectivity index (χ0v) is 15.6. The molecule has 4 rings (SSSR count). The first-order valence-electron chi connectivity index (χ1n) is 9.63. The standard InChI is InChI=1S/C22H23N3O3/c23-13-19(15-6-7-15)24-20(26)16-8-9-17-18(12-16)22(28)25(21(17)27)11-10-14-4-2-1-3-5-14/h1-5,8-9,12,15,19H,6-7,10-11,13,23H2,(H,24,26). The van der Waals surface area contributed by atoms with Crippen molar-refractivity contribution in [1.29, 1.82) is 0 Å². The molecule has 6 nitrogen and oxygen atoms in total. The SMILES string of the molecule is NCC(NC(=O)c1ccc2c(c1)C(=O)N(CCc1ccccc1)C2=O)C1CC1. The molecule has 0 aromatic heterocycles. The minimum atomic E-state index is -0.344. The van der Waals surface area contributed by atoms with Crippen molar-refractivity contribution in [2.24, 2.45) is 11.7 Å². The van der Waals surface area contributed by atoms with Gasteiger partial charge in [0.05, 0.1) is 11.1 Å². The number of nitrogens with two attached hydrogens (primary N) is 1. The number of carbonyl (C=O) groups excluding carboxylic acids is 3. The predicted octanol–water partition coefficient (Wildman–Crippen LogP) is 1.99. The minimum Gasteiger partial charge on any atom is -0.348 e. The van der Waals surface area contributed by atoms with E-state index in [1.54, 1.807) is 12.1 Å². The van der Waals surface area contributed by atoms with Gasteiger partial charge in [-0.05, 0) is 48.9 Å². The highest BCUT2D eigenvalue weighted by Gasteiger charge is 2.36. The summed E-state index contributed by atoms with van der Waals surface area (Å²) in [5.41, 5.74) is 7.84. The summed E-state index contributed by atoms with van der Waals surface area (Å²) in [6.07, 6.45) is 2.75. The van der Waals surface area contributed by atoms with Crippen LogP contribution in [0.1, 0.15) is 49.5 Å². The van der Waals surface area contributed by atoms with E-state index in [2.05, 4.69) is 5.32 Å².